The van der Waals surface area contributed by atoms with Crippen molar-refractivity contribution >= 4 is 5.97 Å². The van der Waals surface area contributed by atoms with Gasteiger partial charge < -0.3 is 4.74 Å². The van der Waals surface area contributed by atoms with Gasteiger partial charge in [0.25, 0.3) is 0 Å². The van der Waals surface area contributed by atoms with Crippen LogP contribution in [0.2, 0.25) is 0 Å². The summed E-state index contributed by atoms with van der Waals surface area (Å²) in [5.74, 6) is -0.265. The third-order valence-electron chi connectivity index (χ3n) is 1.80. The molecule has 0 saturated carbocycles. The first-order chi connectivity index (χ1) is 8.27. The van der Waals surface area contributed by atoms with Crippen LogP contribution < -0.4 is 4.74 Å². The van der Waals surface area contributed by atoms with Gasteiger partial charge in [-0.1, -0.05) is 43.0 Å². The van der Waals surface area contributed by atoms with Crippen LogP contribution in [0.1, 0.15) is 0 Å². The van der Waals surface area contributed by atoms with Crippen LogP contribution in [0, 0.1) is 11.3 Å². The molecule has 0 atom stereocenters. The first-order valence-electron chi connectivity index (χ1n) is 4.94. The Labute approximate surface area is 99.9 Å². The van der Waals surface area contributed by atoms with E-state index in [1.54, 1.807) is 48.6 Å². The highest BCUT2D eigenvalue weighted by molar-refractivity contribution is 5.94. The smallest absolute Gasteiger partial charge is 0.354 e. The first kappa shape index (κ1) is 12.5. The lowest BCUT2D eigenvalue weighted by molar-refractivity contribution is -0.129. The SMILES string of the molecule is C=CC=CC=C(C#N)C(=O)Oc1ccccc1. The summed E-state index contributed by atoms with van der Waals surface area (Å²) < 4.78 is 5.01. The molecule has 0 amide bonds. The summed E-state index contributed by atoms with van der Waals surface area (Å²) in [6.07, 6.45) is 6.10. The lowest BCUT2D eigenvalue weighted by Crippen LogP contribution is -2.09. The van der Waals surface area contributed by atoms with E-state index < -0.39 is 5.97 Å². The summed E-state index contributed by atoms with van der Waals surface area (Å²) in [4.78, 5) is 11.6. The van der Waals surface area contributed by atoms with Gasteiger partial charge in [-0.2, -0.15) is 5.26 Å². The molecule has 1 aromatic rings. The average molecular weight is 225 g/mol. The summed E-state index contributed by atoms with van der Waals surface area (Å²) in [7, 11) is 0. The van der Waals surface area contributed by atoms with Gasteiger partial charge in [-0.05, 0) is 18.2 Å². The second-order valence-electron chi connectivity index (χ2n) is 3.02. The molecule has 0 aliphatic carbocycles. The highest BCUT2D eigenvalue weighted by Gasteiger charge is 2.10. The fraction of sp³-hybridized carbons (Fsp3) is 0. The number of para-hydroxylation sites is 1. The van der Waals surface area contributed by atoms with Crippen molar-refractivity contribution in [1.29, 1.82) is 5.26 Å². The Kier molecular flexibility index (Phi) is 4.99. The van der Waals surface area contributed by atoms with Crippen molar-refractivity contribution in [2.75, 3.05) is 0 Å². The van der Waals surface area contributed by atoms with Gasteiger partial charge in [-0.15, -0.1) is 0 Å². The number of esters is 1. The molecule has 0 saturated heterocycles. The number of nitriles is 1. The van der Waals surface area contributed by atoms with Crippen molar-refractivity contribution in [1.82, 2.24) is 0 Å². The van der Waals surface area contributed by atoms with Crippen molar-refractivity contribution in [2.45, 2.75) is 0 Å². The zero-order valence-corrected chi connectivity index (χ0v) is 9.17. The monoisotopic (exact) mass is 225 g/mol. The van der Waals surface area contributed by atoms with E-state index in [0.717, 1.165) is 0 Å². The van der Waals surface area contributed by atoms with E-state index in [4.69, 9.17) is 10.00 Å². The lowest BCUT2D eigenvalue weighted by atomic mass is 10.2. The van der Waals surface area contributed by atoms with E-state index >= 15 is 0 Å². The molecule has 0 aliphatic rings. The molecule has 1 aromatic carbocycles. The molecule has 0 unspecified atom stereocenters. The Morgan fingerprint density at radius 1 is 1.29 bits per heavy atom. The van der Waals surface area contributed by atoms with Crippen LogP contribution >= 0.6 is 0 Å². The fourth-order valence-electron chi connectivity index (χ4n) is 1.03. The minimum atomic E-state index is -0.674. The second kappa shape index (κ2) is 6.81. The van der Waals surface area contributed by atoms with Crippen LogP contribution in [-0.4, -0.2) is 5.97 Å². The molecule has 0 bridgehead atoms. The number of carbonyl (C=O) groups excluding carboxylic acids is 1. The van der Waals surface area contributed by atoms with E-state index in [0.29, 0.717) is 5.75 Å². The maximum absolute atomic E-state index is 11.6. The van der Waals surface area contributed by atoms with E-state index in [-0.39, 0.29) is 5.57 Å². The molecular weight excluding hydrogens is 214 g/mol. The molecular formula is C14H11NO2. The Morgan fingerprint density at radius 3 is 2.59 bits per heavy atom. The number of carbonyl (C=O) groups is 1. The second-order valence-corrected chi connectivity index (χ2v) is 3.02. The van der Waals surface area contributed by atoms with E-state index in [9.17, 15) is 4.79 Å². The van der Waals surface area contributed by atoms with E-state index in [2.05, 4.69) is 6.58 Å². The summed E-state index contributed by atoms with van der Waals surface area (Å²) in [5, 5.41) is 8.79. The van der Waals surface area contributed by atoms with Gasteiger partial charge in [0.1, 0.15) is 17.4 Å². The first-order valence-corrected chi connectivity index (χ1v) is 4.94. The number of benzene rings is 1. The minimum Gasteiger partial charge on any atom is -0.422 e. The molecule has 0 aliphatic heterocycles. The molecule has 0 heterocycles. The molecule has 84 valence electrons. The molecule has 0 radical (unpaired) electrons. The van der Waals surface area contributed by atoms with Gasteiger partial charge in [-0.3, -0.25) is 0 Å². The zero-order valence-electron chi connectivity index (χ0n) is 9.17. The Morgan fingerprint density at radius 2 is 2.00 bits per heavy atom. The number of rotatable bonds is 4. The lowest BCUT2D eigenvalue weighted by Gasteiger charge is -2.01. The van der Waals surface area contributed by atoms with Gasteiger partial charge in [0, 0.05) is 0 Å². The van der Waals surface area contributed by atoms with Gasteiger partial charge in [-0.25, -0.2) is 4.79 Å². The predicted octanol–water partition coefficient (Wildman–Crippen LogP) is 2.78. The van der Waals surface area contributed by atoms with Gasteiger partial charge in [0.15, 0.2) is 0 Å². The van der Waals surface area contributed by atoms with Crippen molar-refractivity contribution in [3.05, 3.63) is 66.8 Å². The Balaban J connectivity index is 2.75. The maximum Gasteiger partial charge on any atom is 0.354 e. The summed E-state index contributed by atoms with van der Waals surface area (Å²) >= 11 is 0. The van der Waals surface area contributed by atoms with Gasteiger partial charge in [0.2, 0.25) is 0 Å². The van der Waals surface area contributed by atoms with Crippen LogP contribution in [0.25, 0.3) is 0 Å². The summed E-state index contributed by atoms with van der Waals surface area (Å²) in [5.41, 5.74) is -0.0630. The van der Waals surface area contributed by atoms with E-state index in [1.807, 2.05) is 6.07 Å². The van der Waals surface area contributed by atoms with Crippen molar-refractivity contribution in [2.24, 2.45) is 0 Å². The normalized spacial score (nSPS) is 10.9. The van der Waals surface area contributed by atoms with Gasteiger partial charge in [0.05, 0.1) is 0 Å². The molecule has 0 spiro atoms. The third-order valence-corrected chi connectivity index (χ3v) is 1.80. The minimum absolute atomic E-state index is 0.0630. The number of allylic oxidation sites excluding steroid dienone is 4. The molecule has 0 aromatic heterocycles. The number of nitrogens with zero attached hydrogens (tertiary/aromatic N) is 1. The van der Waals surface area contributed by atoms with Crippen molar-refractivity contribution < 1.29 is 9.53 Å². The van der Waals surface area contributed by atoms with Crippen molar-refractivity contribution in [3.63, 3.8) is 0 Å². The van der Waals surface area contributed by atoms with Crippen LogP contribution in [0.15, 0.2) is 66.8 Å². The summed E-state index contributed by atoms with van der Waals surface area (Å²) in [6.45, 7) is 3.48. The van der Waals surface area contributed by atoms with Crippen LogP contribution in [0.5, 0.6) is 5.75 Å². The van der Waals surface area contributed by atoms with Crippen LogP contribution in [-0.2, 0) is 4.79 Å². The largest absolute Gasteiger partial charge is 0.422 e. The standard InChI is InChI=1S/C14H11NO2/c1-2-3-5-8-12(11-15)14(16)17-13-9-6-4-7-10-13/h2-10H,1H2. The van der Waals surface area contributed by atoms with Crippen molar-refractivity contribution in [3.8, 4) is 11.8 Å². The highest BCUT2D eigenvalue weighted by atomic mass is 16.5. The number of ether oxygens (including phenoxy) is 1. The maximum atomic E-state index is 11.6. The molecule has 3 heteroatoms. The fourth-order valence-corrected chi connectivity index (χ4v) is 1.03. The predicted molar refractivity (Wildman–Crippen MR) is 65.1 cm³/mol. The molecule has 17 heavy (non-hydrogen) atoms. The molecule has 0 fully saturated rings. The van der Waals surface area contributed by atoms with Crippen LogP contribution in [0.3, 0.4) is 0 Å². The third kappa shape index (κ3) is 4.18. The molecule has 1 rings (SSSR count). The van der Waals surface area contributed by atoms with E-state index in [1.165, 1.54) is 6.08 Å². The highest BCUT2D eigenvalue weighted by Crippen LogP contribution is 2.10. The molecule has 0 N–H and O–H groups in total. The molecule has 3 nitrogen and oxygen atoms in total. The number of hydrogen-bond acceptors (Lipinski definition) is 3. The number of hydrogen-bond donors (Lipinski definition) is 0. The van der Waals surface area contributed by atoms with Crippen LogP contribution in [0.4, 0.5) is 0 Å². The zero-order chi connectivity index (χ0) is 12.5. The topological polar surface area (TPSA) is 50.1 Å². The quantitative estimate of drug-likeness (QED) is 0.260. The van der Waals surface area contributed by atoms with Gasteiger partial charge >= 0.3 is 5.97 Å². The Bertz CT molecular complexity index is 493. The summed E-state index contributed by atoms with van der Waals surface area (Å²) in [6, 6.07) is 10.4. The average Bonchev–Trinajstić information content (AvgIpc) is 2.36. The Hall–Kier alpha value is -2.60.